The molecule has 0 aromatic carbocycles. The fourth-order valence-electron chi connectivity index (χ4n) is 2.90. The van der Waals surface area contributed by atoms with Crippen LogP contribution >= 0.6 is 11.8 Å². The first kappa shape index (κ1) is 14.8. The molecule has 20 heavy (non-hydrogen) atoms. The van der Waals surface area contributed by atoms with Crippen molar-refractivity contribution >= 4 is 22.6 Å². The Hall–Kier alpha value is -1.59. The minimum absolute atomic E-state index is 0.0797. The van der Waals surface area contributed by atoms with Gasteiger partial charge in [-0.25, -0.2) is 4.99 Å². The Morgan fingerprint density at radius 3 is 2.70 bits per heavy atom. The summed E-state index contributed by atoms with van der Waals surface area (Å²) in [7, 11) is 0. The Kier molecular flexibility index (Phi) is 4.01. The highest BCUT2D eigenvalue weighted by Gasteiger charge is 2.41. The van der Waals surface area contributed by atoms with Crippen LogP contribution in [0.25, 0.3) is 0 Å². The quantitative estimate of drug-likeness (QED) is 0.742. The molecule has 0 saturated carbocycles. The molecule has 0 N–H and O–H groups in total. The molecule has 4 nitrogen and oxygen atoms in total. The summed E-state index contributed by atoms with van der Waals surface area (Å²) in [6.45, 7) is 6.04. The number of aliphatic imine (C=N–C) groups is 1. The first-order valence-corrected chi connectivity index (χ1v) is 7.62. The summed E-state index contributed by atoms with van der Waals surface area (Å²) < 4.78 is 0. The Balaban J connectivity index is 2.44. The van der Waals surface area contributed by atoms with Gasteiger partial charge < -0.3 is 0 Å². The van der Waals surface area contributed by atoms with Gasteiger partial charge in [-0.1, -0.05) is 32.5 Å². The number of thioether (sulfide) groups is 1. The third-order valence-electron chi connectivity index (χ3n) is 3.79. The molecule has 0 aromatic heterocycles. The van der Waals surface area contributed by atoms with Crippen molar-refractivity contribution in [2.45, 2.75) is 33.6 Å². The Morgan fingerprint density at radius 1 is 1.40 bits per heavy atom. The van der Waals surface area contributed by atoms with Crippen LogP contribution in [-0.2, 0) is 4.79 Å². The molecular formula is C15H17N3OS. The summed E-state index contributed by atoms with van der Waals surface area (Å²) in [5, 5.41) is 18.7. The van der Waals surface area contributed by atoms with Crippen LogP contribution in [0.5, 0.6) is 0 Å². The zero-order chi connectivity index (χ0) is 14.9. The molecule has 0 amide bonds. The van der Waals surface area contributed by atoms with Crippen LogP contribution in [0.1, 0.15) is 33.6 Å². The number of hydrogen-bond donors (Lipinski definition) is 0. The van der Waals surface area contributed by atoms with Gasteiger partial charge in [0.05, 0.1) is 22.9 Å². The number of Topliss-reactive ketones (excluding diaryl/α,β-unsaturated/α-hetero) is 1. The fraction of sp³-hybridized carbons (Fsp3) is 0.600. The average molecular weight is 287 g/mol. The van der Waals surface area contributed by atoms with Crippen LogP contribution in [0.2, 0.25) is 0 Å². The summed E-state index contributed by atoms with van der Waals surface area (Å²) in [5.74, 6) is -0.129. The Labute approximate surface area is 123 Å². The molecule has 0 spiro atoms. The second-order valence-corrected chi connectivity index (χ2v) is 7.09. The smallest absolute Gasteiger partial charge is 0.161 e. The molecule has 1 heterocycles. The molecule has 0 aromatic rings. The second kappa shape index (κ2) is 5.42. The van der Waals surface area contributed by atoms with E-state index in [4.69, 9.17) is 5.26 Å². The predicted octanol–water partition coefficient (Wildman–Crippen LogP) is 3.07. The van der Waals surface area contributed by atoms with Gasteiger partial charge in [-0.15, -0.1) is 0 Å². The van der Waals surface area contributed by atoms with Crippen molar-refractivity contribution < 1.29 is 4.79 Å². The predicted molar refractivity (Wildman–Crippen MR) is 78.8 cm³/mol. The molecule has 2 rings (SSSR count). The van der Waals surface area contributed by atoms with E-state index in [1.165, 1.54) is 11.8 Å². The molecule has 1 unspecified atom stereocenters. The van der Waals surface area contributed by atoms with E-state index in [0.717, 1.165) is 17.7 Å². The van der Waals surface area contributed by atoms with Crippen molar-refractivity contribution in [1.82, 2.24) is 0 Å². The summed E-state index contributed by atoms with van der Waals surface area (Å²) in [6, 6.07) is 4.30. The van der Waals surface area contributed by atoms with Crippen LogP contribution < -0.4 is 0 Å². The van der Waals surface area contributed by atoms with Gasteiger partial charge in [-0.3, -0.25) is 4.79 Å². The van der Waals surface area contributed by atoms with Gasteiger partial charge in [0.1, 0.15) is 5.92 Å². The number of nitrogens with zero attached hydrogens (tertiary/aromatic N) is 3. The van der Waals surface area contributed by atoms with Crippen molar-refractivity contribution in [3.8, 4) is 12.1 Å². The molecule has 1 aliphatic heterocycles. The van der Waals surface area contributed by atoms with Crippen LogP contribution in [-0.4, -0.2) is 16.6 Å². The van der Waals surface area contributed by atoms with Gasteiger partial charge in [-0.2, -0.15) is 10.5 Å². The van der Waals surface area contributed by atoms with Gasteiger partial charge in [0, 0.05) is 23.6 Å². The number of hydrogen-bond acceptors (Lipinski definition) is 5. The zero-order valence-electron chi connectivity index (χ0n) is 11.9. The van der Waals surface area contributed by atoms with Crippen molar-refractivity contribution in [3.63, 3.8) is 0 Å². The first-order valence-electron chi connectivity index (χ1n) is 6.64. The zero-order valence-corrected chi connectivity index (χ0v) is 12.8. The monoisotopic (exact) mass is 287 g/mol. The number of ketones is 1. The standard InChI is InChI=1S/C15H17N3OS/c1-9-10(8-17)14(20-5-4-16)18-11-6-15(2,3)7-12(19)13(9)11/h9-10H,5-7H2,1-3H3/t9-,10?/m0/s1. The highest BCUT2D eigenvalue weighted by molar-refractivity contribution is 8.14. The number of nitriles is 2. The van der Waals surface area contributed by atoms with Crippen molar-refractivity contribution in [2.75, 3.05) is 5.75 Å². The van der Waals surface area contributed by atoms with E-state index in [1.807, 2.05) is 6.92 Å². The lowest BCUT2D eigenvalue weighted by Gasteiger charge is -2.36. The summed E-state index contributed by atoms with van der Waals surface area (Å²) in [4.78, 5) is 16.9. The van der Waals surface area contributed by atoms with Crippen LogP contribution in [0.4, 0.5) is 0 Å². The normalized spacial score (nSPS) is 28.2. The minimum atomic E-state index is -0.405. The molecular weight excluding hydrogens is 270 g/mol. The molecule has 0 radical (unpaired) electrons. The van der Waals surface area contributed by atoms with E-state index in [2.05, 4.69) is 31.0 Å². The van der Waals surface area contributed by atoms with E-state index in [9.17, 15) is 10.1 Å². The van der Waals surface area contributed by atoms with Crippen molar-refractivity contribution in [3.05, 3.63) is 11.3 Å². The van der Waals surface area contributed by atoms with Gasteiger partial charge in [0.15, 0.2) is 5.78 Å². The molecule has 5 heteroatoms. The van der Waals surface area contributed by atoms with Gasteiger partial charge in [0.25, 0.3) is 0 Å². The number of allylic oxidation sites excluding steroid dienone is 2. The van der Waals surface area contributed by atoms with E-state index < -0.39 is 5.92 Å². The summed E-state index contributed by atoms with van der Waals surface area (Å²) >= 11 is 1.31. The highest BCUT2D eigenvalue weighted by Crippen LogP contribution is 2.44. The minimum Gasteiger partial charge on any atom is -0.294 e. The van der Waals surface area contributed by atoms with Gasteiger partial charge >= 0.3 is 0 Å². The number of carbonyl (C=O) groups excluding carboxylic acids is 1. The Bertz CT molecular complexity index is 589. The number of rotatable bonds is 1. The maximum atomic E-state index is 12.3. The van der Waals surface area contributed by atoms with E-state index in [1.54, 1.807) is 0 Å². The third-order valence-corrected chi connectivity index (χ3v) is 4.70. The number of carbonyl (C=O) groups is 1. The third kappa shape index (κ3) is 2.64. The molecule has 2 atom stereocenters. The summed E-state index contributed by atoms with van der Waals surface area (Å²) in [6.07, 6.45) is 1.28. The maximum Gasteiger partial charge on any atom is 0.161 e. The lowest BCUT2D eigenvalue weighted by molar-refractivity contribution is -0.118. The SMILES string of the molecule is C[C@@H]1C2=C(CC(C)(C)CC2=O)N=C(SCC#N)C1C#N. The topological polar surface area (TPSA) is 77.0 Å². The summed E-state index contributed by atoms with van der Waals surface area (Å²) in [5.41, 5.74) is 1.48. The van der Waals surface area contributed by atoms with Crippen LogP contribution in [0, 0.1) is 39.9 Å². The lowest BCUT2D eigenvalue weighted by Crippen LogP contribution is -2.35. The largest absolute Gasteiger partial charge is 0.294 e. The molecule has 0 saturated heterocycles. The average Bonchev–Trinajstić information content (AvgIpc) is 2.34. The van der Waals surface area contributed by atoms with Crippen molar-refractivity contribution in [1.29, 1.82) is 10.5 Å². The van der Waals surface area contributed by atoms with Crippen LogP contribution in [0.3, 0.4) is 0 Å². The molecule has 0 bridgehead atoms. The lowest BCUT2D eigenvalue weighted by atomic mass is 9.70. The van der Waals surface area contributed by atoms with Crippen molar-refractivity contribution in [2.24, 2.45) is 22.2 Å². The molecule has 0 fully saturated rings. The van der Waals surface area contributed by atoms with Crippen LogP contribution in [0.15, 0.2) is 16.3 Å². The van der Waals surface area contributed by atoms with Gasteiger partial charge in [0.2, 0.25) is 0 Å². The Morgan fingerprint density at radius 2 is 2.10 bits per heavy atom. The van der Waals surface area contributed by atoms with E-state index in [-0.39, 0.29) is 22.9 Å². The highest BCUT2D eigenvalue weighted by atomic mass is 32.2. The van der Waals surface area contributed by atoms with Gasteiger partial charge in [-0.05, 0) is 11.8 Å². The van der Waals surface area contributed by atoms with E-state index in [0.29, 0.717) is 11.5 Å². The molecule has 104 valence electrons. The first-order chi connectivity index (χ1) is 9.39. The second-order valence-electron chi connectivity index (χ2n) is 6.09. The molecule has 2 aliphatic rings. The maximum absolute atomic E-state index is 12.3. The van der Waals surface area contributed by atoms with E-state index >= 15 is 0 Å². The molecule has 1 aliphatic carbocycles. The fourth-order valence-corrected chi connectivity index (χ4v) is 3.72.